The highest BCUT2D eigenvalue weighted by Gasteiger charge is 2.32. The van der Waals surface area contributed by atoms with E-state index in [1.54, 1.807) is 11.3 Å². The van der Waals surface area contributed by atoms with Crippen LogP contribution in [0.4, 0.5) is 5.13 Å². The number of nitrogens with one attached hydrogen (secondary N) is 1. The van der Waals surface area contributed by atoms with Gasteiger partial charge in [-0.1, -0.05) is 0 Å². The second-order valence-corrected chi connectivity index (χ2v) is 6.46. The summed E-state index contributed by atoms with van der Waals surface area (Å²) in [6.07, 6.45) is 5.28. The zero-order chi connectivity index (χ0) is 12.7. The molecule has 0 saturated heterocycles. The average molecular weight is 266 g/mol. The molecule has 2 aliphatic carbocycles. The first-order chi connectivity index (χ1) is 8.65. The Labute approximate surface area is 110 Å². The smallest absolute Gasteiger partial charge is 0.312 e. The molecule has 2 N–H and O–H groups in total. The van der Waals surface area contributed by atoms with Crippen LogP contribution in [0.5, 0.6) is 0 Å². The van der Waals surface area contributed by atoms with Crippen LogP contribution in [0.1, 0.15) is 49.1 Å². The molecule has 1 aromatic heterocycles. The van der Waals surface area contributed by atoms with E-state index in [9.17, 15) is 9.90 Å². The Morgan fingerprint density at radius 3 is 2.94 bits per heavy atom. The van der Waals surface area contributed by atoms with Gasteiger partial charge >= 0.3 is 5.97 Å². The molecule has 2 unspecified atom stereocenters. The summed E-state index contributed by atoms with van der Waals surface area (Å²) < 4.78 is 0. The molecule has 1 heterocycles. The summed E-state index contributed by atoms with van der Waals surface area (Å²) in [5, 5.41) is 13.6. The molecule has 0 aromatic carbocycles. The predicted octanol–water partition coefficient (Wildman–Crippen LogP) is 2.86. The third kappa shape index (κ3) is 2.23. The summed E-state index contributed by atoms with van der Waals surface area (Å²) >= 11 is 1.64. The highest BCUT2D eigenvalue weighted by Crippen LogP contribution is 2.39. The zero-order valence-electron chi connectivity index (χ0n) is 10.5. The molecular weight excluding hydrogens is 248 g/mol. The van der Waals surface area contributed by atoms with Crippen molar-refractivity contribution in [2.45, 2.75) is 51.0 Å². The van der Waals surface area contributed by atoms with Crippen molar-refractivity contribution in [3.8, 4) is 0 Å². The second kappa shape index (κ2) is 4.53. The van der Waals surface area contributed by atoms with E-state index in [4.69, 9.17) is 0 Å². The van der Waals surface area contributed by atoms with Gasteiger partial charge in [0.1, 0.15) is 5.92 Å². The largest absolute Gasteiger partial charge is 0.481 e. The average Bonchev–Trinajstić information content (AvgIpc) is 3.09. The van der Waals surface area contributed by atoms with Crippen LogP contribution >= 0.6 is 11.3 Å². The maximum Gasteiger partial charge on any atom is 0.312 e. The Hall–Kier alpha value is -1.10. The normalized spacial score (nSPS) is 24.4. The number of rotatable bonds is 4. The minimum Gasteiger partial charge on any atom is -0.481 e. The van der Waals surface area contributed by atoms with Crippen molar-refractivity contribution in [1.29, 1.82) is 0 Å². The fourth-order valence-corrected chi connectivity index (χ4v) is 3.79. The van der Waals surface area contributed by atoms with Gasteiger partial charge in [0, 0.05) is 10.9 Å². The Bertz CT molecular complexity index is 468. The van der Waals surface area contributed by atoms with E-state index in [2.05, 4.69) is 17.2 Å². The summed E-state index contributed by atoms with van der Waals surface area (Å²) in [7, 11) is 0. The number of carboxylic acids is 1. The highest BCUT2D eigenvalue weighted by molar-refractivity contribution is 7.15. The van der Waals surface area contributed by atoms with E-state index in [1.165, 1.54) is 17.7 Å². The molecule has 0 bridgehead atoms. The minimum atomic E-state index is -0.733. The molecule has 0 amide bonds. The molecule has 4 nitrogen and oxygen atoms in total. The number of aromatic nitrogens is 1. The number of thiazole rings is 1. The molecule has 3 rings (SSSR count). The lowest BCUT2D eigenvalue weighted by Crippen LogP contribution is -2.18. The summed E-state index contributed by atoms with van der Waals surface area (Å²) in [5.74, 6) is -0.346. The first-order valence-electron chi connectivity index (χ1n) is 6.64. The Morgan fingerprint density at radius 2 is 2.28 bits per heavy atom. The molecular formula is C13H18N2O2S. The van der Waals surface area contributed by atoms with Crippen LogP contribution in [0, 0.1) is 5.92 Å². The quantitative estimate of drug-likeness (QED) is 0.879. The molecule has 5 heteroatoms. The molecule has 98 valence electrons. The van der Waals surface area contributed by atoms with Crippen molar-refractivity contribution in [2.75, 3.05) is 5.32 Å². The Balaban J connectivity index is 1.79. The minimum absolute atomic E-state index is 0.392. The summed E-state index contributed by atoms with van der Waals surface area (Å²) in [6, 6.07) is 0.459. The standard InChI is InChI=1S/C13H18N2O2S/c1-7(8-5-6-8)14-13-15-11-9(12(16)17)3-2-4-10(11)18-13/h7-9H,2-6H2,1H3,(H,14,15)(H,16,17). The number of nitrogens with zero attached hydrogens (tertiary/aromatic N) is 1. The van der Waals surface area contributed by atoms with Crippen LogP contribution in [-0.4, -0.2) is 22.1 Å². The molecule has 18 heavy (non-hydrogen) atoms. The van der Waals surface area contributed by atoms with E-state index < -0.39 is 11.9 Å². The van der Waals surface area contributed by atoms with Crippen molar-refractivity contribution in [3.63, 3.8) is 0 Å². The SMILES string of the molecule is CC(Nc1nc2c(s1)CCCC2C(=O)O)C1CC1. The first kappa shape index (κ1) is 12.0. The lowest BCUT2D eigenvalue weighted by Gasteiger charge is -2.16. The van der Waals surface area contributed by atoms with Gasteiger partial charge in [-0.05, 0) is 44.9 Å². The number of aryl methyl sites for hydroxylation is 1. The van der Waals surface area contributed by atoms with Crippen LogP contribution in [0.15, 0.2) is 0 Å². The van der Waals surface area contributed by atoms with Crippen molar-refractivity contribution < 1.29 is 9.90 Å². The summed E-state index contributed by atoms with van der Waals surface area (Å²) in [6.45, 7) is 2.19. The van der Waals surface area contributed by atoms with Gasteiger partial charge in [-0.2, -0.15) is 0 Å². The van der Waals surface area contributed by atoms with Crippen LogP contribution in [-0.2, 0) is 11.2 Å². The Morgan fingerprint density at radius 1 is 1.50 bits per heavy atom. The van der Waals surface area contributed by atoms with Crippen molar-refractivity contribution in [3.05, 3.63) is 10.6 Å². The van der Waals surface area contributed by atoms with Crippen molar-refractivity contribution >= 4 is 22.4 Å². The molecule has 0 spiro atoms. The maximum atomic E-state index is 11.2. The highest BCUT2D eigenvalue weighted by atomic mass is 32.1. The number of hydrogen-bond donors (Lipinski definition) is 2. The molecule has 0 aliphatic heterocycles. The number of hydrogen-bond acceptors (Lipinski definition) is 4. The van der Waals surface area contributed by atoms with Crippen LogP contribution < -0.4 is 5.32 Å². The van der Waals surface area contributed by atoms with E-state index in [0.717, 1.165) is 36.0 Å². The topological polar surface area (TPSA) is 62.2 Å². The summed E-state index contributed by atoms with van der Waals surface area (Å²) in [4.78, 5) is 16.9. The number of anilines is 1. The van der Waals surface area contributed by atoms with E-state index >= 15 is 0 Å². The van der Waals surface area contributed by atoms with Crippen molar-refractivity contribution in [1.82, 2.24) is 4.98 Å². The third-order valence-electron chi connectivity index (χ3n) is 3.93. The number of aliphatic carboxylic acids is 1. The number of carboxylic acid groups (broad SMARTS) is 1. The van der Waals surface area contributed by atoms with E-state index in [1.807, 2.05) is 0 Å². The van der Waals surface area contributed by atoms with Crippen LogP contribution in [0.3, 0.4) is 0 Å². The van der Waals surface area contributed by atoms with Crippen LogP contribution in [0.2, 0.25) is 0 Å². The Kier molecular flexibility index (Phi) is 3.01. The zero-order valence-corrected chi connectivity index (χ0v) is 11.3. The number of carbonyl (C=O) groups is 1. The van der Waals surface area contributed by atoms with Gasteiger partial charge in [-0.15, -0.1) is 11.3 Å². The molecule has 1 aromatic rings. The second-order valence-electron chi connectivity index (χ2n) is 5.38. The fourth-order valence-electron chi connectivity index (χ4n) is 2.63. The first-order valence-corrected chi connectivity index (χ1v) is 7.45. The van der Waals surface area contributed by atoms with Crippen molar-refractivity contribution in [2.24, 2.45) is 5.92 Å². The number of fused-ring (bicyclic) bond motifs is 1. The van der Waals surface area contributed by atoms with Gasteiger partial charge < -0.3 is 10.4 Å². The monoisotopic (exact) mass is 266 g/mol. The van der Waals surface area contributed by atoms with Gasteiger partial charge in [0.15, 0.2) is 5.13 Å². The molecule has 2 atom stereocenters. The summed E-state index contributed by atoms with van der Waals surface area (Å²) in [5.41, 5.74) is 0.809. The van der Waals surface area contributed by atoms with E-state index in [0.29, 0.717) is 6.04 Å². The lowest BCUT2D eigenvalue weighted by atomic mass is 9.91. The fraction of sp³-hybridized carbons (Fsp3) is 0.692. The van der Waals surface area contributed by atoms with Crippen LogP contribution in [0.25, 0.3) is 0 Å². The molecule has 1 fully saturated rings. The van der Waals surface area contributed by atoms with Gasteiger partial charge in [0.2, 0.25) is 0 Å². The maximum absolute atomic E-state index is 11.2. The molecule has 1 saturated carbocycles. The predicted molar refractivity (Wildman–Crippen MR) is 71.2 cm³/mol. The third-order valence-corrected chi connectivity index (χ3v) is 4.99. The van der Waals surface area contributed by atoms with Gasteiger partial charge in [-0.3, -0.25) is 4.79 Å². The van der Waals surface area contributed by atoms with E-state index in [-0.39, 0.29) is 0 Å². The molecule has 0 radical (unpaired) electrons. The van der Waals surface area contributed by atoms with Gasteiger partial charge in [0.05, 0.1) is 5.69 Å². The lowest BCUT2D eigenvalue weighted by molar-refractivity contribution is -0.139. The van der Waals surface area contributed by atoms with Gasteiger partial charge in [0.25, 0.3) is 0 Å². The van der Waals surface area contributed by atoms with Gasteiger partial charge in [-0.25, -0.2) is 4.98 Å². The molecule has 2 aliphatic rings.